The van der Waals surface area contributed by atoms with Crippen LogP contribution in [-0.4, -0.2) is 13.1 Å². The van der Waals surface area contributed by atoms with Crippen LogP contribution in [0.2, 0.25) is 0 Å². The monoisotopic (exact) mass is 249 g/mol. The number of nitrogens with one attached hydrogen (secondary N) is 1. The molecule has 0 aliphatic carbocycles. The molecule has 2 heteroatoms. The minimum absolute atomic E-state index is 0.864. The first kappa shape index (κ1) is 8.35. The van der Waals surface area contributed by atoms with Gasteiger partial charge in [-0.15, -0.1) is 0 Å². The Kier molecular flexibility index (Phi) is 4.15. The van der Waals surface area contributed by atoms with Crippen LogP contribution in [0.15, 0.2) is 0 Å². The Morgan fingerprint density at radius 1 is 1.40 bits per heavy atom. The third-order valence-electron chi connectivity index (χ3n) is 1.92. The van der Waals surface area contributed by atoms with Gasteiger partial charge >= 0.3 is 0 Å². The zero-order valence-corrected chi connectivity index (χ0v) is 8.15. The van der Waals surface area contributed by atoms with Gasteiger partial charge in [0, 0.05) is 29.0 Å². The minimum atomic E-state index is 0.864. The van der Waals surface area contributed by atoms with Gasteiger partial charge in [-0.2, -0.15) is 0 Å². The lowest BCUT2D eigenvalue weighted by Crippen LogP contribution is -2.27. The molecular weight excluding hydrogens is 237 g/mol. The van der Waals surface area contributed by atoms with Crippen molar-refractivity contribution < 1.29 is 0 Å². The Hall–Kier alpha value is 0.250. The summed E-state index contributed by atoms with van der Waals surface area (Å²) in [6, 6.07) is 0. The summed E-state index contributed by atoms with van der Waals surface area (Å²) >= 11 is 2.11. The molecule has 0 radical (unpaired) electrons. The van der Waals surface area contributed by atoms with Gasteiger partial charge in [0.1, 0.15) is 0 Å². The van der Waals surface area contributed by atoms with Gasteiger partial charge in [-0.05, 0) is 35.8 Å². The molecule has 10 heavy (non-hydrogen) atoms. The van der Waals surface area contributed by atoms with E-state index in [4.69, 9.17) is 0 Å². The number of piperidine rings is 1. The van der Waals surface area contributed by atoms with Crippen molar-refractivity contribution in [1.82, 2.24) is 5.32 Å². The van der Waals surface area contributed by atoms with Crippen molar-refractivity contribution in [2.24, 2.45) is 5.92 Å². The number of halogens is 1. The fraction of sp³-hybridized carbons (Fsp3) is 0.750. The number of hydrogen-bond acceptors (Lipinski definition) is 1. The third kappa shape index (κ3) is 2.89. The van der Waals surface area contributed by atoms with E-state index in [0.29, 0.717) is 0 Å². The van der Waals surface area contributed by atoms with E-state index < -0.39 is 0 Å². The van der Waals surface area contributed by atoms with Crippen LogP contribution in [0.1, 0.15) is 19.3 Å². The van der Waals surface area contributed by atoms with Crippen LogP contribution in [-0.2, 0) is 0 Å². The minimum Gasteiger partial charge on any atom is -0.317 e. The van der Waals surface area contributed by atoms with Crippen LogP contribution in [0.4, 0.5) is 0 Å². The molecule has 0 unspecified atom stereocenters. The van der Waals surface area contributed by atoms with Gasteiger partial charge in [0.2, 0.25) is 0 Å². The molecule has 0 bridgehead atoms. The molecule has 56 valence electrons. The molecular formula is C8H12IN. The summed E-state index contributed by atoms with van der Waals surface area (Å²) in [6.07, 6.45) is 3.72. The van der Waals surface area contributed by atoms with Crippen molar-refractivity contribution in [1.29, 1.82) is 0 Å². The predicted octanol–water partition coefficient (Wildman–Crippen LogP) is 1.77. The first-order valence-electron chi connectivity index (χ1n) is 3.72. The SMILES string of the molecule is IC#CCC1CCNCC1. The van der Waals surface area contributed by atoms with Crippen molar-refractivity contribution in [2.75, 3.05) is 13.1 Å². The van der Waals surface area contributed by atoms with Crippen LogP contribution in [0.3, 0.4) is 0 Å². The Morgan fingerprint density at radius 3 is 2.70 bits per heavy atom. The Balaban J connectivity index is 2.17. The Labute approximate surface area is 76.1 Å². The number of rotatable bonds is 1. The number of hydrogen-bond donors (Lipinski definition) is 1. The second kappa shape index (κ2) is 4.97. The van der Waals surface area contributed by atoms with E-state index in [1.807, 2.05) is 0 Å². The summed E-state index contributed by atoms with van der Waals surface area (Å²) in [7, 11) is 0. The fourth-order valence-corrected chi connectivity index (χ4v) is 1.49. The molecule has 1 nitrogen and oxygen atoms in total. The van der Waals surface area contributed by atoms with Crippen molar-refractivity contribution in [3.63, 3.8) is 0 Å². The van der Waals surface area contributed by atoms with E-state index in [1.165, 1.54) is 25.9 Å². The van der Waals surface area contributed by atoms with E-state index in [0.717, 1.165) is 12.3 Å². The lowest BCUT2D eigenvalue weighted by molar-refractivity contribution is 0.381. The van der Waals surface area contributed by atoms with E-state index in [9.17, 15) is 0 Å². The molecule has 0 aromatic rings. The van der Waals surface area contributed by atoms with Gasteiger partial charge in [-0.25, -0.2) is 0 Å². The lowest BCUT2D eigenvalue weighted by Gasteiger charge is -2.19. The molecule has 0 amide bonds. The van der Waals surface area contributed by atoms with Crippen LogP contribution in [0.5, 0.6) is 0 Å². The summed E-state index contributed by atoms with van der Waals surface area (Å²) in [4.78, 5) is 0. The van der Waals surface area contributed by atoms with Gasteiger partial charge < -0.3 is 5.32 Å². The van der Waals surface area contributed by atoms with Gasteiger partial charge in [-0.3, -0.25) is 0 Å². The maximum Gasteiger partial charge on any atom is 0.0181 e. The van der Waals surface area contributed by atoms with Crippen LogP contribution in [0.25, 0.3) is 0 Å². The molecule has 1 N–H and O–H groups in total. The van der Waals surface area contributed by atoms with E-state index in [1.54, 1.807) is 0 Å². The fourth-order valence-electron chi connectivity index (χ4n) is 1.27. The van der Waals surface area contributed by atoms with E-state index >= 15 is 0 Å². The van der Waals surface area contributed by atoms with Gasteiger partial charge in [0.05, 0.1) is 0 Å². The highest BCUT2D eigenvalue weighted by molar-refractivity contribution is 14.1. The Bertz CT molecular complexity index is 139. The summed E-state index contributed by atoms with van der Waals surface area (Å²) in [5.74, 6) is 3.99. The van der Waals surface area contributed by atoms with Crippen LogP contribution >= 0.6 is 22.6 Å². The topological polar surface area (TPSA) is 12.0 Å². The van der Waals surface area contributed by atoms with E-state index in [-0.39, 0.29) is 0 Å². The highest BCUT2D eigenvalue weighted by atomic mass is 127. The average molecular weight is 249 g/mol. The zero-order chi connectivity index (χ0) is 7.23. The van der Waals surface area contributed by atoms with Gasteiger partial charge in [0.15, 0.2) is 0 Å². The molecule has 0 saturated carbocycles. The summed E-state index contributed by atoms with van der Waals surface area (Å²) < 4.78 is 2.91. The maximum absolute atomic E-state index is 3.34. The Morgan fingerprint density at radius 2 is 2.10 bits per heavy atom. The quantitative estimate of drug-likeness (QED) is 0.551. The first-order valence-corrected chi connectivity index (χ1v) is 4.80. The summed E-state index contributed by atoms with van der Waals surface area (Å²) in [5.41, 5.74) is 0. The van der Waals surface area contributed by atoms with E-state index in [2.05, 4.69) is 37.8 Å². The molecule has 1 fully saturated rings. The second-order valence-electron chi connectivity index (χ2n) is 2.67. The maximum atomic E-state index is 3.34. The van der Waals surface area contributed by atoms with Crippen LogP contribution in [0, 0.1) is 15.8 Å². The largest absolute Gasteiger partial charge is 0.317 e. The van der Waals surface area contributed by atoms with Crippen molar-refractivity contribution in [2.45, 2.75) is 19.3 Å². The molecule has 1 heterocycles. The molecule has 1 saturated heterocycles. The smallest absolute Gasteiger partial charge is 0.0181 e. The highest BCUT2D eigenvalue weighted by Crippen LogP contribution is 2.14. The predicted molar refractivity (Wildman–Crippen MR) is 52.0 cm³/mol. The molecule has 0 aromatic heterocycles. The molecule has 1 rings (SSSR count). The molecule has 0 atom stereocenters. The van der Waals surface area contributed by atoms with Gasteiger partial charge in [0.25, 0.3) is 0 Å². The van der Waals surface area contributed by atoms with Crippen molar-refractivity contribution in [3.8, 4) is 9.85 Å². The summed E-state index contributed by atoms with van der Waals surface area (Å²) in [5, 5.41) is 3.34. The molecule has 1 aliphatic heterocycles. The lowest BCUT2D eigenvalue weighted by atomic mass is 9.95. The molecule has 0 spiro atoms. The van der Waals surface area contributed by atoms with Crippen molar-refractivity contribution in [3.05, 3.63) is 0 Å². The van der Waals surface area contributed by atoms with Crippen molar-refractivity contribution >= 4 is 22.6 Å². The zero-order valence-electron chi connectivity index (χ0n) is 5.99. The first-order chi connectivity index (χ1) is 4.93. The van der Waals surface area contributed by atoms with Gasteiger partial charge in [-0.1, -0.05) is 5.92 Å². The standard InChI is InChI=1S/C8H12IN/c9-5-1-2-8-3-6-10-7-4-8/h8,10H,2-4,6-7H2. The van der Waals surface area contributed by atoms with Crippen LogP contribution < -0.4 is 5.32 Å². The average Bonchev–Trinajstić information content (AvgIpc) is 2.03. The summed E-state index contributed by atoms with van der Waals surface area (Å²) in [6.45, 7) is 2.38. The normalized spacial score (nSPS) is 19.7. The second-order valence-corrected chi connectivity index (χ2v) is 3.21. The third-order valence-corrected chi connectivity index (χ3v) is 2.30. The molecule has 0 aromatic carbocycles. The molecule has 1 aliphatic rings. The highest BCUT2D eigenvalue weighted by Gasteiger charge is 2.10.